The molecule has 0 aromatic heterocycles. The van der Waals surface area contributed by atoms with Crippen molar-refractivity contribution >= 4 is 68.2 Å². The van der Waals surface area contributed by atoms with Crippen LogP contribution in [0, 0.1) is 24.3 Å². The van der Waals surface area contributed by atoms with Crippen LogP contribution >= 0.6 is 0 Å². The molecule has 0 atom stereocenters. The molecule has 9 aromatic carbocycles. The molecule has 9 aromatic rings. The van der Waals surface area contributed by atoms with E-state index in [0.717, 1.165) is 68.2 Å². The fourth-order valence-corrected chi connectivity index (χ4v) is 7.31. The van der Waals surface area contributed by atoms with Gasteiger partial charge in [0.15, 0.2) is 0 Å². The SMILES string of the molecule is c1ccc(N(c2ccccc2)c2ccc(N(c3ccc(N(c4cc#ccc4)c4ccccc4)cc3)c3ccc(N(c4ccccc4)c4ccccc4)cc3)cc2)cc#1. The Morgan fingerprint density at radius 3 is 0.603 bits per heavy atom. The minimum absolute atomic E-state index is 1.01. The second-order valence-corrected chi connectivity index (χ2v) is 13.6. The second kappa shape index (κ2) is 16.7. The molecular weight excluding hydrogens is 705 g/mol. The average Bonchev–Trinajstić information content (AvgIpc) is 3.30. The number of anilines is 12. The zero-order valence-corrected chi connectivity index (χ0v) is 31.7. The van der Waals surface area contributed by atoms with Gasteiger partial charge < -0.3 is 19.6 Å². The van der Waals surface area contributed by atoms with Crippen molar-refractivity contribution in [3.05, 3.63) is 255 Å². The van der Waals surface area contributed by atoms with E-state index >= 15 is 0 Å². The predicted octanol–water partition coefficient (Wildman–Crippen LogP) is 14.8. The van der Waals surface area contributed by atoms with Crippen molar-refractivity contribution in [2.24, 2.45) is 0 Å². The summed E-state index contributed by atoms with van der Waals surface area (Å²) in [6.45, 7) is 0. The molecule has 0 saturated carbocycles. The lowest BCUT2D eigenvalue weighted by Gasteiger charge is -2.30. The molecule has 4 heteroatoms. The first-order valence-electron chi connectivity index (χ1n) is 19.3. The van der Waals surface area contributed by atoms with Crippen molar-refractivity contribution in [1.82, 2.24) is 0 Å². The molecule has 4 nitrogen and oxygen atoms in total. The summed E-state index contributed by atoms with van der Waals surface area (Å²) in [5.41, 5.74) is 12.6. The fourth-order valence-electron chi connectivity index (χ4n) is 7.31. The van der Waals surface area contributed by atoms with Gasteiger partial charge in [-0.3, -0.25) is 0 Å². The van der Waals surface area contributed by atoms with Gasteiger partial charge >= 0.3 is 0 Å². The van der Waals surface area contributed by atoms with Crippen LogP contribution in [-0.4, -0.2) is 0 Å². The quantitative estimate of drug-likeness (QED) is 0.124. The van der Waals surface area contributed by atoms with Crippen LogP contribution in [0.15, 0.2) is 231 Å². The van der Waals surface area contributed by atoms with E-state index in [2.05, 4.69) is 238 Å². The standard InChI is InChI=1S/C54H38N4/c1-7-19-43(20-8-1)55(44-21-9-2-10-22-44)49-31-37-52(38-32-49)58(53-39-33-50(34-40-53)56(45-23-11-3-12-24-45)46-25-13-4-14-26-46)54-41-35-51(36-42-54)57(47-27-15-5-16-28-47)48-29-17-6-18-30-48/h1-3,5,7-13,15-17,19-42H. The van der Waals surface area contributed by atoms with Gasteiger partial charge in [0.25, 0.3) is 0 Å². The fraction of sp³-hybridized carbons (Fsp3) is 0. The van der Waals surface area contributed by atoms with Gasteiger partial charge in [-0.2, -0.15) is 0 Å². The Bertz CT molecular complexity index is 2200. The van der Waals surface area contributed by atoms with Crippen molar-refractivity contribution in [2.75, 3.05) is 19.6 Å². The van der Waals surface area contributed by atoms with Crippen molar-refractivity contribution in [3.8, 4) is 0 Å². The third-order valence-corrected chi connectivity index (χ3v) is 9.95. The summed E-state index contributed by atoms with van der Waals surface area (Å²) in [6.07, 6.45) is 0. The molecule has 0 aliphatic rings. The van der Waals surface area contributed by atoms with Gasteiger partial charge in [0.05, 0.1) is 11.4 Å². The van der Waals surface area contributed by atoms with Crippen LogP contribution in [0.4, 0.5) is 68.2 Å². The number of nitrogens with zero attached hydrogens (tertiary/aromatic N) is 4. The average molecular weight is 743 g/mol. The lowest BCUT2D eigenvalue weighted by Crippen LogP contribution is -2.13. The van der Waals surface area contributed by atoms with E-state index in [-0.39, 0.29) is 0 Å². The summed E-state index contributed by atoms with van der Waals surface area (Å²) in [5.74, 6) is 0. The van der Waals surface area contributed by atoms with Crippen molar-refractivity contribution in [1.29, 1.82) is 0 Å². The maximum Gasteiger partial charge on any atom is 0.0551 e. The zero-order chi connectivity index (χ0) is 38.9. The number of hydrogen-bond acceptors (Lipinski definition) is 4. The molecule has 0 saturated heterocycles. The second-order valence-electron chi connectivity index (χ2n) is 13.6. The highest BCUT2D eigenvalue weighted by atomic mass is 15.2. The molecule has 274 valence electrons. The lowest BCUT2D eigenvalue weighted by molar-refractivity contribution is 1.24. The van der Waals surface area contributed by atoms with E-state index in [0.29, 0.717) is 0 Å². The maximum absolute atomic E-state index is 3.13. The molecule has 0 aliphatic carbocycles. The van der Waals surface area contributed by atoms with Crippen LogP contribution in [0.1, 0.15) is 0 Å². The molecular formula is C54H38N4. The van der Waals surface area contributed by atoms with E-state index < -0.39 is 0 Å². The predicted molar refractivity (Wildman–Crippen MR) is 241 cm³/mol. The summed E-state index contributed by atoms with van der Waals surface area (Å²) in [5, 5.41) is 0. The summed E-state index contributed by atoms with van der Waals surface area (Å²) >= 11 is 0. The van der Waals surface area contributed by atoms with Crippen LogP contribution < -0.4 is 19.6 Å². The molecule has 0 amide bonds. The largest absolute Gasteiger partial charge is 0.311 e. The third-order valence-electron chi connectivity index (χ3n) is 9.95. The van der Waals surface area contributed by atoms with Crippen LogP contribution in [-0.2, 0) is 0 Å². The minimum atomic E-state index is 1.01. The molecule has 0 heterocycles. The van der Waals surface area contributed by atoms with Gasteiger partial charge in [-0.1, -0.05) is 97.1 Å². The number of benzene rings is 7. The molecule has 0 spiro atoms. The summed E-state index contributed by atoms with van der Waals surface area (Å²) in [7, 11) is 0. The van der Waals surface area contributed by atoms with E-state index in [1.54, 1.807) is 0 Å². The van der Waals surface area contributed by atoms with Gasteiger partial charge in [0.2, 0.25) is 0 Å². The number of para-hydroxylation sites is 4. The molecule has 0 bridgehead atoms. The highest BCUT2D eigenvalue weighted by Gasteiger charge is 2.19. The van der Waals surface area contributed by atoms with Crippen LogP contribution in [0.25, 0.3) is 0 Å². The maximum atomic E-state index is 3.13. The topological polar surface area (TPSA) is 13.0 Å². The Balaban J connectivity index is 1.13. The number of hydrogen-bond donors (Lipinski definition) is 0. The van der Waals surface area contributed by atoms with E-state index in [1.165, 1.54) is 0 Å². The summed E-state index contributed by atoms with van der Waals surface area (Å²) in [4.78, 5) is 9.07. The molecule has 0 unspecified atom stereocenters. The van der Waals surface area contributed by atoms with Gasteiger partial charge in [-0.05, 0) is 146 Å². The van der Waals surface area contributed by atoms with Crippen LogP contribution in [0.2, 0.25) is 0 Å². The van der Waals surface area contributed by atoms with Gasteiger partial charge in [0.1, 0.15) is 0 Å². The monoisotopic (exact) mass is 742 g/mol. The first kappa shape index (κ1) is 35.5. The third kappa shape index (κ3) is 7.55. The highest BCUT2D eigenvalue weighted by molar-refractivity contribution is 5.85. The van der Waals surface area contributed by atoms with E-state index in [9.17, 15) is 0 Å². The summed E-state index contributed by atoms with van der Waals surface area (Å²) in [6, 6.07) is 92.3. The normalized spacial score (nSPS) is 10.5. The molecule has 0 aliphatic heterocycles. The molecule has 0 radical (unpaired) electrons. The van der Waals surface area contributed by atoms with Crippen molar-refractivity contribution < 1.29 is 0 Å². The zero-order valence-electron chi connectivity index (χ0n) is 31.7. The number of rotatable bonds is 12. The molecule has 0 fully saturated rings. The van der Waals surface area contributed by atoms with E-state index in [4.69, 9.17) is 0 Å². The van der Waals surface area contributed by atoms with E-state index in [1.807, 2.05) is 36.4 Å². The Hall–Kier alpha value is -8.18. The Labute approximate surface area is 341 Å². The van der Waals surface area contributed by atoms with Crippen molar-refractivity contribution in [3.63, 3.8) is 0 Å². The Morgan fingerprint density at radius 1 is 0.190 bits per heavy atom. The van der Waals surface area contributed by atoms with Crippen molar-refractivity contribution in [2.45, 2.75) is 0 Å². The van der Waals surface area contributed by atoms with Crippen LogP contribution in [0.3, 0.4) is 0 Å². The van der Waals surface area contributed by atoms with Gasteiger partial charge in [0, 0.05) is 69.0 Å². The Morgan fingerprint density at radius 2 is 0.397 bits per heavy atom. The highest BCUT2D eigenvalue weighted by Crippen LogP contribution is 2.42. The molecule has 0 N–H and O–H groups in total. The lowest BCUT2D eigenvalue weighted by atomic mass is 10.1. The first-order chi connectivity index (χ1) is 28.8. The summed E-state index contributed by atoms with van der Waals surface area (Å²) < 4.78 is 0. The minimum Gasteiger partial charge on any atom is -0.311 e. The first-order valence-corrected chi connectivity index (χ1v) is 19.3. The molecule has 9 rings (SSSR count). The van der Waals surface area contributed by atoms with Crippen LogP contribution in [0.5, 0.6) is 0 Å². The molecule has 58 heavy (non-hydrogen) atoms. The Kier molecular flexibility index (Phi) is 10.2. The smallest absolute Gasteiger partial charge is 0.0551 e. The van der Waals surface area contributed by atoms with Gasteiger partial charge in [-0.25, -0.2) is 0 Å². The van der Waals surface area contributed by atoms with Gasteiger partial charge in [-0.15, -0.1) is 0 Å².